The van der Waals surface area contributed by atoms with Crippen molar-refractivity contribution in [1.29, 1.82) is 0 Å². The van der Waals surface area contributed by atoms with Crippen LogP contribution < -0.4 is 0 Å². The van der Waals surface area contributed by atoms with Gasteiger partial charge in [0.15, 0.2) is 0 Å². The van der Waals surface area contributed by atoms with Gasteiger partial charge in [0.2, 0.25) is 0 Å². The average molecular weight is 356 g/mol. The monoisotopic (exact) mass is 355 g/mol. The van der Waals surface area contributed by atoms with E-state index in [4.69, 9.17) is 4.98 Å². The summed E-state index contributed by atoms with van der Waals surface area (Å²) in [5, 5.41) is 0. The van der Waals surface area contributed by atoms with Gasteiger partial charge in [-0.15, -0.1) is 0 Å². The molecule has 0 N–H and O–H groups in total. The standard InChI is InChI=1S/C25H41N/c1-3-5-6-7-8-21-11-13-22(14-12-21)24-17-18-25(26-19-24)23-15-9-20(4-2)10-16-23/h17-23H,3-16H2,1-2H3. The van der Waals surface area contributed by atoms with Gasteiger partial charge in [-0.05, 0) is 80.8 Å². The van der Waals surface area contributed by atoms with Crippen LogP contribution in [0.25, 0.3) is 0 Å². The lowest BCUT2D eigenvalue weighted by atomic mass is 9.77. The summed E-state index contributed by atoms with van der Waals surface area (Å²) in [6.07, 6.45) is 22.0. The van der Waals surface area contributed by atoms with Crippen LogP contribution in [0.3, 0.4) is 0 Å². The third-order valence-corrected chi connectivity index (χ3v) is 7.44. The molecule has 2 aliphatic rings. The fraction of sp³-hybridized carbons (Fsp3) is 0.800. The van der Waals surface area contributed by atoms with Gasteiger partial charge < -0.3 is 0 Å². The molecule has 0 saturated heterocycles. The second-order valence-electron chi connectivity index (χ2n) is 9.21. The van der Waals surface area contributed by atoms with E-state index in [1.54, 1.807) is 0 Å². The Morgan fingerprint density at radius 2 is 1.46 bits per heavy atom. The largest absolute Gasteiger partial charge is 0.261 e. The number of pyridine rings is 1. The molecular weight excluding hydrogens is 314 g/mol. The van der Waals surface area contributed by atoms with Gasteiger partial charge in [0.05, 0.1) is 0 Å². The van der Waals surface area contributed by atoms with E-state index in [0.717, 1.165) is 23.7 Å². The third-order valence-electron chi connectivity index (χ3n) is 7.44. The molecule has 3 rings (SSSR count). The van der Waals surface area contributed by atoms with Crippen molar-refractivity contribution in [2.75, 3.05) is 0 Å². The summed E-state index contributed by atoms with van der Waals surface area (Å²) in [5.41, 5.74) is 2.88. The van der Waals surface area contributed by atoms with Crippen LogP contribution in [0, 0.1) is 11.8 Å². The Balaban J connectivity index is 1.43. The lowest BCUT2D eigenvalue weighted by molar-refractivity contribution is 0.301. The maximum Gasteiger partial charge on any atom is 0.0434 e. The number of aromatic nitrogens is 1. The van der Waals surface area contributed by atoms with Gasteiger partial charge in [0.25, 0.3) is 0 Å². The first kappa shape index (κ1) is 19.9. The third kappa shape index (κ3) is 5.57. The van der Waals surface area contributed by atoms with E-state index >= 15 is 0 Å². The summed E-state index contributed by atoms with van der Waals surface area (Å²) in [6.45, 7) is 4.65. The number of unbranched alkanes of at least 4 members (excludes halogenated alkanes) is 3. The Bertz CT molecular complexity index is 489. The van der Waals surface area contributed by atoms with E-state index in [-0.39, 0.29) is 0 Å². The highest BCUT2D eigenvalue weighted by Crippen LogP contribution is 2.39. The van der Waals surface area contributed by atoms with E-state index in [1.807, 2.05) is 0 Å². The Hall–Kier alpha value is -0.850. The molecule has 0 bridgehead atoms. The first-order valence-electron chi connectivity index (χ1n) is 11.8. The van der Waals surface area contributed by atoms with E-state index in [1.165, 1.54) is 101 Å². The van der Waals surface area contributed by atoms with Crippen LogP contribution in [-0.4, -0.2) is 4.98 Å². The normalized spacial score (nSPS) is 29.6. The number of rotatable bonds is 8. The van der Waals surface area contributed by atoms with Crippen molar-refractivity contribution >= 4 is 0 Å². The van der Waals surface area contributed by atoms with Gasteiger partial charge >= 0.3 is 0 Å². The Labute approximate surface area is 162 Å². The van der Waals surface area contributed by atoms with Gasteiger partial charge in [-0.25, -0.2) is 0 Å². The van der Waals surface area contributed by atoms with Gasteiger partial charge in [0.1, 0.15) is 0 Å². The van der Waals surface area contributed by atoms with Crippen molar-refractivity contribution in [3.8, 4) is 0 Å². The molecule has 0 radical (unpaired) electrons. The van der Waals surface area contributed by atoms with Gasteiger partial charge in [-0.2, -0.15) is 0 Å². The zero-order valence-corrected chi connectivity index (χ0v) is 17.4. The first-order chi connectivity index (χ1) is 12.8. The molecule has 0 aliphatic heterocycles. The summed E-state index contributed by atoms with van der Waals surface area (Å²) in [7, 11) is 0. The summed E-state index contributed by atoms with van der Waals surface area (Å²) in [5.74, 6) is 3.48. The van der Waals surface area contributed by atoms with E-state index in [2.05, 4.69) is 32.2 Å². The van der Waals surface area contributed by atoms with Crippen molar-refractivity contribution in [3.05, 3.63) is 29.6 Å². The van der Waals surface area contributed by atoms with Crippen LogP contribution in [-0.2, 0) is 0 Å². The second-order valence-corrected chi connectivity index (χ2v) is 9.21. The molecule has 0 amide bonds. The number of hydrogen-bond acceptors (Lipinski definition) is 1. The molecule has 0 spiro atoms. The molecule has 1 nitrogen and oxygen atoms in total. The van der Waals surface area contributed by atoms with Crippen molar-refractivity contribution in [1.82, 2.24) is 4.98 Å². The molecule has 0 aromatic carbocycles. The topological polar surface area (TPSA) is 12.9 Å². The molecule has 1 aromatic rings. The van der Waals surface area contributed by atoms with Crippen LogP contribution in [0.15, 0.2) is 18.3 Å². The fourth-order valence-corrected chi connectivity index (χ4v) is 5.41. The minimum absolute atomic E-state index is 0.728. The van der Waals surface area contributed by atoms with Crippen LogP contribution in [0.5, 0.6) is 0 Å². The molecule has 2 aliphatic carbocycles. The SMILES string of the molecule is CCCCCCC1CCC(c2ccc(C3CCC(CC)CC3)nc2)CC1. The zero-order chi connectivity index (χ0) is 18.2. The van der Waals surface area contributed by atoms with Crippen molar-refractivity contribution in [2.45, 2.75) is 116 Å². The van der Waals surface area contributed by atoms with Gasteiger partial charge in [0, 0.05) is 17.8 Å². The van der Waals surface area contributed by atoms with E-state index in [9.17, 15) is 0 Å². The maximum absolute atomic E-state index is 4.92. The minimum Gasteiger partial charge on any atom is -0.261 e. The predicted molar refractivity (Wildman–Crippen MR) is 113 cm³/mol. The van der Waals surface area contributed by atoms with Crippen molar-refractivity contribution < 1.29 is 0 Å². The maximum atomic E-state index is 4.92. The smallest absolute Gasteiger partial charge is 0.0434 e. The highest BCUT2D eigenvalue weighted by molar-refractivity contribution is 5.21. The molecular formula is C25H41N. The Morgan fingerprint density at radius 3 is 2.08 bits per heavy atom. The van der Waals surface area contributed by atoms with E-state index < -0.39 is 0 Å². The predicted octanol–water partition coefficient (Wildman–Crippen LogP) is 8.01. The summed E-state index contributed by atoms with van der Waals surface area (Å²) >= 11 is 0. The van der Waals surface area contributed by atoms with Crippen LogP contribution in [0.2, 0.25) is 0 Å². The summed E-state index contributed by atoms with van der Waals surface area (Å²) in [6, 6.07) is 4.78. The van der Waals surface area contributed by atoms with E-state index in [0.29, 0.717) is 0 Å². The summed E-state index contributed by atoms with van der Waals surface area (Å²) < 4.78 is 0. The molecule has 2 saturated carbocycles. The van der Waals surface area contributed by atoms with Crippen LogP contribution in [0.1, 0.15) is 127 Å². The van der Waals surface area contributed by atoms with Crippen LogP contribution in [0.4, 0.5) is 0 Å². The van der Waals surface area contributed by atoms with Crippen molar-refractivity contribution in [3.63, 3.8) is 0 Å². The fourth-order valence-electron chi connectivity index (χ4n) is 5.41. The number of nitrogens with zero attached hydrogens (tertiary/aromatic N) is 1. The molecule has 1 aromatic heterocycles. The average Bonchev–Trinajstić information content (AvgIpc) is 2.72. The second kappa shape index (κ2) is 10.5. The molecule has 146 valence electrons. The number of hydrogen-bond donors (Lipinski definition) is 0. The molecule has 26 heavy (non-hydrogen) atoms. The highest BCUT2D eigenvalue weighted by atomic mass is 14.7. The first-order valence-corrected chi connectivity index (χ1v) is 11.8. The molecule has 1 heteroatoms. The van der Waals surface area contributed by atoms with Gasteiger partial charge in [-0.3, -0.25) is 4.98 Å². The van der Waals surface area contributed by atoms with Crippen LogP contribution >= 0.6 is 0 Å². The Morgan fingerprint density at radius 1 is 0.769 bits per heavy atom. The molecule has 2 fully saturated rings. The van der Waals surface area contributed by atoms with Crippen molar-refractivity contribution in [2.24, 2.45) is 11.8 Å². The Kier molecular flexibility index (Phi) is 8.02. The molecule has 1 heterocycles. The zero-order valence-electron chi connectivity index (χ0n) is 17.4. The molecule has 0 atom stereocenters. The lowest BCUT2D eigenvalue weighted by Gasteiger charge is -2.29. The quantitative estimate of drug-likeness (QED) is 0.430. The molecule has 0 unspecified atom stereocenters. The summed E-state index contributed by atoms with van der Waals surface area (Å²) in [4.78, 5) is 4.92. The van der Waals surface area contributed by atoms with Gasteiger partial charge in [-0.1, -0.05) is 58.4 Å². The lowest BCUT2D eigenvalue weighted by Crippen LogP contribution is -2.15. The minimum atomic E-state index is 0.728. The highest BCUT2D eigenvalue weighted by Gasteiger charge is 2.24.